The molecule has 10 rings (SSSR count). The van der Waals surface area contributed by atoms with Crippen molar-refractivity contribution in [2.45, 2.75) is 5.41 Å². The number of fused-ring (bicyclic) bond motifs is 12. The van der Waals surface area contributed by atoms with Gasteiger partial charge in [-0.15, -0.1) is 0 Å². The standard InChI is InChI=1S/C47H28N2/c1-48-34-24-25-49-45(28-34)33-15-11-14-31(26-33)32-22-23-39-43(27-32)47(41-20-9-7-17-36(41)37-18-8-10-21-42(37)47)44-29-40(30-12-3-2-4-13-30)35-16-5-6-19-38(35)46(39)44/h2-29H. The zero-order chi connectivity index (χ0) is 32.5. The summed E-state index contributed by atoms with van der Waals surface area (Å²) in [5.41, 5.74) is 17.2. The van der Waals surface area contributed by atoms with Crippen molar-refractivity contribution in [1.82, 2.24) is 4.98 Å². The number of benzene rings is 7. The maximum atomic E-state index is 7.50. The molecule has 2 aliphatic carbocycles. The second kappa shape index (κ2) is 10.5. The summed E-state index contributed by atoms with van der Waals surface area (Å²) in [5, 5.41) is 2.54. The van der Waals surface area contributed by atoms with Gasteiger partial charge >= 0.3 is 0 Å². The van der Waals surface area contributed by atoms with E-state index in [0.29, 0.717) is 5.69 Å². The first-order chi connectivity index (χ1) is 24.3. The Morgan fingerprint density at radius 1 is 0.429 bits per heavy atom. The van der Waals surface area contributed by atoms with E-state index in [0.717, 1.165) is 22.4 Å². The van der Waals surface area contributed by atoms with Crippen molar-refractivity contribution in [3.8, 4) is 55.8 Å². The third kappa shape index (κ3) is 3.85. The molecule has 0 bridgehead atoms. The van der Waals surface area contributed by atoms with Crippen molar-refractivity contribution in [1.29, 1.82) is 0 Å². The summed E-state index contributed by atoms with van der Waals surface area (Å²) in [6, 6.07) is 59.4. The van der Waals surface area contributed by atoms with Crippen molar-refractivity contribution in [2.24, 2.45) is 0 Å². The van der Waals surface area contributed by atoms with Crippen molar-refractivity contribution in [3.63, 3.8) is 0 Å². The molecular weight excluding hydrogens is 593 g/mol. The molecule has 0 atom stereocenters. The molecule has 8 aromatic rings. The zero-order valence-corrected chi connectivity index (χ0v) is 26.6. The molecule has 0 aliphatic heterocycles. The Morgan fingerprint density at radius 2 is 1.08 bits per heavy atom. The second-order valence-electron chi connectivity index (χ2n) is 13.0. The van der Waals surface area contributed by atoms with Crippen LogP contribution in [0, 0.1) is 6.57 Å². The smallest absolute Gasteiger partial charge is 0.190 e. The van der Waals surface area contributed by atoms with Crippen LogP contribution in [-0.4, -0.2) is 4.98 Å². The number of pyridine rings is 1. The molecule has 0 N–H and O–H groups in total. The van der Waals surface area contributed by atoms with E-state index in [1.54, 1.807) is 12.3 Å². The lowest BCUT2D eigenvalue weighted by Gasteiger charge is -2.31. The van der Waals surface area contributed by atoms with E-state index in [9.17, 15) is 0 Å². The van der Waals surface area contributed by atoms with Gasteiger partial charge in [-0.05, 0) is 113 Å². The molecule has 49 heavy (non-hydrogen) atoms. The summed E-state index contributed by atoms with van der Waals surface area (Å²) >= 11 is 0. The van der Waals surface area contributed by atoms with Crippen molar-refractivity contribution >= 4 is 16.5 Å². The molecule has 2 aliphatic rings. The van der Waals surface area contributed by atoms with Crippen molar-refractivity contribution in [3.05, 3.63) is 204 Å². The molecule has 0 radical (unpaired) electrons. The molecule has 2 heteroatoms. The number of aromatic nitrogens is 1. The molecule has 0 saturated heterocycles. The van der Waals surface area contributed by atoms with E-state index in [1.165, 1.54) is 66.4 Å². The van der Waals surface area contributed by atoms with Gasteiger partial charge in [0.15, 0.2) is 5.69 Å². The van der Waals surface area contributed by atoms with Crippen LogP contribution >= 0.6 is 0 Å². The van der Waals surface area contributed by atoms with E-state index in [2.05, 4.69) is 161 Å². The van der Waals surface area contributed by atoms with Crippen LogP contribution in [0.4, 0.5) is 5.69 Å². The van der Waals surface area contributed by atoms with E-state index >= 15 is 0 Å². The lowest BCUT2D eigenvalue weighted by molar-refractivity contribution is 0.795. The van der Waals surface area contributed by atoms with Gasteiger partial charge in [0, 0.05) is 6.20 Å². The summed E-state index contributed by atoms with van der Waals surface area (Å²) in [5.74, 6) is 0. The SMILES string of the molecule is [C-]#[N+]c1ccnc(-c2cccc(-c3ccc4c(c3)C3(c5ccccc5-c5ccccc53)c3cc(-c5ccccc5)c5ccccc5c3-4)c2)c1. The zero-order valence-electron chi connectivity index (χ0n) is 26.6. The Balaban J connectivity index is 1.29. The van der Waals surface area contributed by atoms with Gasteiger partial charge in [-0.1, -0.05) is 133 Å². The first-order valence-electron chi connectivity index (χ1n) is 16.7. The molecule has 226 valence electrons. The molecule has 2 nitrogen and oxygen atoms in total. The number of rotatable bonds is 3. The van der Waals surface area contributed by atoms with Gasteiger partial charge in [0.1, 0.15) is 0 Å². The van der Waals surface area contributed by atoms with Gasteiger partial charge in [-0.2, -0.15) is 0 Å². The predicted molar refractivity (Wildman–Crippen MR) is 201 cm³/mol. The first-order valence-corrected chi connectivity index (χ1v) is 16.7. The highest BCUT2D eigenvalue weighted by molar-refractivity contribution is 6.11. The lowest BCUT2D eigenvalue weighted by Crippen LogP contribution is -2.26. The highest BCUT2D eigenvalue weighted by atomic mass is 14.7. The Bertz CT molecular complexity index is 2630. The maximum absolute atomic E-state index is 7.50. The highest BCUT2D eigenvalue weighted by Crippen LogP contribution is 2.64. The topological polar surface area (TPSA) is 17.2 Å². The minimum atomic E-state index is -0.482. The van der Waals surface area contributed by atoms with Crippen LogP contribution in [0.3, 0.4) is 0 Å². The third-order valence-corrected chi connectivity index (χ3v) is 10.5. The Kier molecular flexibility index (Phi) is 5.89. The lowest BCUT2D eigenvalue weighted by atomic mass is 9.69. The van der Waals surface area contributed by atoms with Crippen LogP contribution in [0.1, 0.15) is 22.3 Å². The molecule has 1 aromatic heterocycles. The molecule has 7 aromatic carbocycles. The van der Waals surface area contributed by atoms with Gasteiger partial charge in [0.05, 0.1) is 17.7 Å². The van der Waals surface area contributed by atoms with Crippen LogP contribution < -0.4 is 0 Å². The molecule has 0 fully saturated rings. The number of nitrogens with zero attached hydrogens (tertiary/aromatic N) is 2. The monoisotopic (exact) mass is 620 g/mol. The van der Waals surface area contributed by atoms with Gasteiger partial charge in [0.25, 0.3) is 0 Å². The van der Waals surface area contributed by atoms with E-state index in [4.69, 9.17) is 6.57 Å². The predicted octanol–water partition coefficient (Wildman–Crippen LogP) is 12.1. The fourth-order valence-electron chi connectivity index (χ4n) is 8.54. The van der Waals surface area contributed by atoms with Crippen LogP contribution in [0.25, 0.3) is 71.4 Å². The molecule has 1 spiro atoms. The van der Waals surface area contributed by atoms with E-state index in [1.807, 2.05) is 6.07 Å². The normalized spacial score (nSPS) is 13.0. The fraction of sp³-hybridized carbons (Fsp3) is 0.0213. The minimum Gasteiger partial charge on any atom is -0.259 e. The van der Waals surface area contributed by atoms with Crippen LogP contribution in [0.5, 0.6) is 0 Å². The van der Waals surface area contributed by atoms with Gasteiger partial charge in [-0.25, -0.2) is 4.85 Å². The highest BCUT2D eigenvalue weighted by Gasteiger charge is 2.52. The Hall–Kier alpha value is -6.56. The summed E-state index contributed by atoms with van der Waals surface area (Å²) < 4.78 is 0. The fourth-order valence-corrected chi connectivity index (χ4v) is 8.54. The molecular formula is C47H28N2. The molecule has 0 unspecified atom stereocenters. The average molecular weight is 621 g/mol. The second-order valence-corrected chi connectivity index (χ2v) is 13.0. The summed E-state index contributed by atoms with van der Waals surface area (Å²) in [6.07, 6.45) is 1.72. The Labute approximate surface area is 285 Å². The number of hydrogen-bond donors (Lipinski definition) is 0. The van der Waals surface area contributed by atoms with E-state index < -0.39 is 5.41 Å². The van der Waals surface area contributed by atoms with Gasteiger partial charge in [-0.3, -0.25) is 4.98 Å². The third-order valence-electron chi connectivity index (χ3n) is 10.5. The van der Waals surface area contributed by atoms with E-state index in [-0.39, 0.29) is 0 Å². The Morgan fingerprint density at radius 3 is 1.86 bits per heavy atom. The van der Waals surface area contributed by atoms with Crippen molar-refractivity contribution in [2.75, 3.05) is 0 Å². The average Bonchev–Trinajstić information content (AvgIpc) is 3.65. The van der Waals surface area contributed by atoms with Crippen LogP contribution in [0.2, 0.25) is 0 Å². The number of hydrogen-bond acceptors (Lipinski definition) is 1. The summed E-state index contributed by atoms with van der Waals surface area (Å²) in [7, 11) is 0. The maximum Gasteiger partial charge on any atom is 0.190 e. The first kappa shape index (κ1) is 27.5. The molecule has 1 heterocycles. The summed E-state index contributed by atoms with van der Waals surface area (Å²) in [4.78, 5) is 8.23. The van der Waals surface area contributed by atoms with Crippen molar-refractivity contribution < 1.29 is 0 Å². The largest absolute Gasteiger partial charge is 0.259 e. The van der Waals surface area contributed by atoms with Gasteiger partial charge in [0.2, 0.25) is 0 Å². The quantitative estimate of drug-likeness (QED) is 0.180. The van der Waals surface area contributed by atoms with Crippen LogP contribution in [-0.2, 0) is 5.41 Å². The molecule has 0 amide bonds. The minimum absolute atomic E-state index is 0.482. The van der Waals surface area contributed by atoms with Crippen LogP contribution in [0.15, 0.2) is 170 Å². The summed E-state index contributed by atoms with van der Waals surface area (Å²) in [6.45, 7) is 7.50. The molecule has 0 saturated carbocycles. The van der Waals surface area contributed by atoms with Gasteiger partial charge < -0.3 is 0 Å².